The van der Waals surface area contributed by atoms with Crippen molar-refractivity contribution in [3.05, 3.63) is 24.3 Å². The van der Waals surface area contributed by atoms with Gasteiger partial charge in [0.25, 0.3) is 0 Å². The van der Waals surface area contributed by atoms with Crippen LogP contribution in [0.2, 0.25) is 0 Å². The van der Waals surface area contributed by atoms with E-state index in [1.54, 1.807) is 0 Å². The highest BCUT2D eigenvalue weighted by Crippen LogP contribution is 2.49. The summed E-state index contributed by atoms with van der Waals surface area (Å²) in [5.74, 6) is 0. The SMILES string of the molecule is COP(=O)(CC1(N)C=CC=CC1)OC. The molecule has 0 aromatic rings. The Kier molecular flexibility index (Phi) is 3.67. The molecule has 5 heteroatoms. The first kappa shape index (κ1) is 11.7. The fourth-order valence-corrected chi connectivity index (χ4v) is 2.73. The van der Waals surface area contributed by atoms with Gasteiger partial charge in [0.1, 0.15) is 0 Å². The van der Waals surface area contributed by atoms with Gasteiger partial charge in [0.05, 0.1) is 6.16 Å². The second-order valence-corrected chi connectivity index (χ2v) is 5.63. The molecule has 1 aliphatic rings. The van der Waals surface area contributed by atoms with Crippen LogP contribution in [0.25, 0.3) is 0 Å². The molecule has 14 heavy (non-hydrogen) atoms. The van der Waals surface area contributed by atoms with Gasteiger partial charge < -0.3 is 14.8 Å². The van der Waals surface area contributed by atoms with Crippen molar-refractivity contribution < 1.29 is 13.6 Å². The highest BCUT2D eigenvalue weighted by atomic mass is 31.2. The summed E-state index contributed by atoms with van der Waals surface area (Å²) in [6.07, 6.45) is 8.39. The van der Waals surface area contributed by atoms with E-state index in [4.69, 9.17) is 14.8 Å². The van der Waals surface area contributed by atoms with Gasteiger partial charge in [-0.1, -0.05) is 24.3 Å². The smallest absolute Gasteiger partial charge is 0.321 e. The van der Waals surface area contributed by atoms with E-state index in [-0.39, 0.29) is 6.16 Å². The normalized spacial score (nSPS) is 26.8. The Morgan fingerprint density at radius 1 is 1.43 bits per heavy atom. The van der Waals surface area contributed by atoms with Gasteiger partial charge in [0.2, 0.25) is 0 Å². The van der Waals surface area contributed by atoms with Crippen molar-refractivity contribution in [2.45, 2.75) is 12.0 Å². The number of rotatable bonds is 4. The summed E-state index contributed by atoms with van der Waals surface area (Å²) in [4.78, 5) is 0. The minimum atomic E-state index is -3.03. The summed E-state index contributed by atoms with van der Waals surface area (Å²) in [5.41, 5.74) is 5.41. The average molecular weight is 217 g/mol. The van der Waals surface area contributed by atoms with Gasteiger partial charge in [-0.2, -0.15) is 0 Å². The maximum atomic E-state index is 11.8. The molecule has 0 fully saturated rings. The van der Waals surface area contributed by atoms with Crippen molar-refractivity contribution in [1.82, 2.24) is 0 Å². The predicted octanol–water partition coefficient (Wildman–Crippen LogP) is 1.69. The number of allylic oxidation sites excluding steroid dienone is 2. The molecule has 4 nitrogen and oxygen atoms in total. The zero-order valence-electron chi connectivity index (χ0n) is 8.47. The van der Waals surface area contributed by atoms with E-state index in [2.05, 4.69) is 0 Å². The Balaban J connectivity index is 2.72. The van der Waals surface area contributed by atoms with E-state index in [1.165, 1.54) is 14.2 Å². The predicted molar refractivity (Wildman–Crippen MR) is 56.3 cm³/mol. The molecule has 0 saturated carbocycles. The minimum Gasteiger partial charge on any atom is -0.321 e. The fourth-order valence-electron chi connectivity index (χ4n) is 1.36. The molecule has 0 radical (unpaired) electrons. The highest BCUT2D eigenvalue weighted by Gasteiger charge is 2.34. The molecule has 0 heterocycles. The van der Waals surface area contributed by atoms with Crippen LogP contribution in [0.15, 0.2) is 24.3 Å². The lowest BCUT2D eigenvalue weighted by atomic mass is 9.95. The molecule has 0 bridgehead atoms. The molecule has 0 saturated heterocycles. The van der Waals surface area contributed by atoms with Crippen LogP contribution in [0.4, 0.5) is 0 Å². The zero-order chi connectivity index (χ0) is 10.7. The number of nitrogens with two attached hydrogens (primary N) is 1. The Bertz CT molecular complexity index is 292. The van der Waals surface area contributed by atoms with E-state index in [0.717, 1.165) is 0 Å². The third-order valence-electron chi connectivity index (χ3n) is 2.22. The lowest BCUT2D eigenvalue weighted by molar-refractivity contribution is 0.269. The quantitative estimate of drug-likeness (QED) is 0.728. The summed E-state index contributed by atoms with van der Waals surface area (Å²) < 4.78 is 21.5. The van der Waals surface area contributed by atoms with Crippen LogP contribution in [-0.2, 0) is 13.6 Å². The lowest BCUT2D eigenvalue weighted by Gasteiger charge is -2.28. The fraction of sp³-hybridized carbons (Fsp3) is 0.556. The monoisotopic (exact) mass is 217 g/mol. The molecular weight excluding hydrogens is 201 g/mol. The molecule has 1 rings (SSSR count). The molecule has 1 unspecified atom stereocenters. The number of hydrogen-bond donors (Lipinski definition) is 1. The van der Waals surface area contributed by atoms with Crippen molar-refractivity contribution >= 4 is 7.60 Å². The maximum Gasteiger partial charge on any atom is 0.332 e. The first-order valence-corrected chi connectivity index (χ1v) is 6.10. The topological polar surface area (TPSA) is 61.5 Å². The van der Waals surface area contributed by atoms with Crippen LogP contribution in [0.1, 0.15) is 6.42 Å². The Labute approximate surface area is 84.3 Å². The van der Waals surface area contributed by atoms with Crippen LogP contribution in [-0.4, -0.2) is 25.9 Å². The summed E-state index contributed by atoms with van der Waals surface area (Å²) in [5, 5.41) is 0. The van der Waals surface area contributed by atoms with E-state index in [9.17, 15) is 4.57 Å². The Morgan fingerprint density at radius 2 is 2.07 bits per heavy atom. The van der Waals surface area contributed by atoms with Gasteiger partial charge in [0.15, 0.2) is 0 Å². The van der Waals surface area contributed by atoms with Crippen LogP contribution < -0.4 is 5.73 Å². The van der Waals surface area contributed by atoms with Crippen molar-refractivity contribution in [3.63, 3.8) is 0 Å². The van der Waals surface area contributed by atoms with Crippen molar-refractivity contribution in [3.8, 4) is 0 Å². The van der Waals surface area contributed by atoms with E-state index in [1.807, 2.05) is 24.3 Å². The van der Waals surface area contributed by atoms with Crippen LogP contribution >= 0.6 is 7.60 Å². The molecular formula is C9H16NO3P. The second kappa shape index (κ2) is 4.41. The second-order valence-electron chi connectivity index (χ2n) is 3.36. The van der Waals surface area contributed by atoms with Crippen LogP contribution in [0.5, 0.6) is 0 Å². The summed E-state index contributed by atoms with van der Waals surface area (Å²) >= 11 is 0. The van der Waals surface area contributed by atoms with E-state index < -0.39 is 13.1 Å². The molecule has 0 spiro atoms. The molecule has 0 aliphatic heterocycles. The number of hydrogen-bond acceptors (Lipinski definition) is 4. The molecule has 0 amide bonds. The Hall–Kier alpha value is -0.410. The molecule has 1 aliphatic carbocycles. The van der Waals surface area contributed by atoms with Crippen molar-refractivity contribution in [2.24, 2.45) is 5.73 Å². The van der Waals surface area contributed by atoms with Crippen molar-refractivity contribution in [1.29, 1.82) is 0 Å². The summed E-state index contributed by atoms with van der Waals surface area (Å²) in [7, 11) is -0.283. The van der Waals surface area contributed by atoms with Crippen LogP contribution in [0.3, 0.4) is 0 Å². The molecule has 0 aromatic heterocycles. The average Bonchev–Trinajstić information content (AvgIpc) is 2.18. The summed E-state index contributed by atoms with van der Waals surface area (Å²) in [6, 6.07) is 0. The van der Waals surface area contributed by atoms with Crippen LogP contribution in [0, 0.1) is 0 Å². The van der Waals surface area contributed by atoms with Gasteiger partial charge in [0, 0.05) is 19.8 Å². The molecule has 0 aromatic carbocycles. The van der Waals surface area contributed by atoms with Gasteiger partial charge in [-0.25, -0.2) is 0 Å². The molecule has 2 N–H and O–H groups in total. The van der Waals surface area contributed by atoms with Gasteiger partial charge >= 0.3 is 7.60 Å². The lowest BCUT2D eigenvalue weighted by Crippen LogP contribution is -2.41. The minimum absolute atomic E-state index is 0.202. The maximum absolute atomic E-state index is 11.8. The van der Waals surface area contributed by atoms with Crippen molar-refractivity contribution in [2.75, 3.05) is 20.4 Å². The first-order valence-electron chi connectivity index (χ1n) is 4.37. The van der Waals surface area contributed by atoms with Gasteiger partial charge in [-0.05, 0) is 6.42 Å². The van der Waals surface area contributed by atoms with E-state index in [0.29, 0.717) is 6.42 Å². The van der Waals surface area contributed by atoms with Gasteiger partial charge in [-0.3, -0.25) is 4.57 Å². The first-order chi connectivity index (χ1) is 6.54. The van der Waals surface area contributed by atoms with E-state index >= 15 is 0 Å². The largest absolute Gasteiger partial charge is 0.332 e. The third-order valence-corrected chi connectivity index (χ3v) is 4.31. The standard InChI is InChI=1S/C9H16NO3P/c1-12-14(11,13-2)8-9(10)6-4-3-5-7-9/h3-6H,7-8,10H2,1-2H3. The summed E-state index contributed by atoms with van der Waals surface area (Å²) in [6.45, 7) is 0. The third kappa shape index (κ3) is 2.79. The zero-order valence-corrected chi connectivity index (χ0v) is 9.37. The molecule has 80 valence electrons. The Morgan fingerprint density at radius 3 is 2.50 bits per heavy atom. The molecule has 1 atom stereocenters. The highest BCUT2D eigenvalue weighted by molar-refractivity contribution is 7.53. The van der Waals surface area contributed by atoms with Gasteiger partial charge in [-0.15, -0.1) is 0 Å².